The molecule has 21 heavy (non-hydrogen) atoms. The summed E-state index contributed by atoms with van der Waals surface area (Å²) >= 11 is 7.84. The lowest BCUT2D eigenvalue weighted by Crippen LogP contribution is -1.91. The van der Waals surface area contributed by atoms with Crippen LogP contribution in [0.1, 0.15) is 5.56 Å². The quantitative estimate of drug-likeness (QED) is 0.538. The minimum absolute atomic E-state index is 0.507. The van der Waals surface area contributed by atoms with Crippen LogP contribution in [0.5, 0.6) is 5.75 Å². The largest absolute Gasteiger partial charge is 0.497 e. The Bertz CT molecular complexity index is 767. The van der Waals surface area contributed by atoms with Gasteiger partial charge in [0.2, 0.25) is 0 Å². The Hall–Kier alpha value is -1.85. The molecule has 0 fully saturated rings. The molecule has 0 aliphatic carbocycles. The minimum Gasteiger partial charge on any atom is -0.497 e. The van der Waals surface area contributed by atoms with E-state index in [1.807, 2.05) is 24.3 Å². The van der Waals surface area contributed by atoms with E-state index in [1.54, 1.807) is 37.5 Å². The number of ether oxygens (including phenoxy) is 1. The highest BCUT2D eigenvalue weighted by Crippen LogP contribution is 2.28. The number of fused-ring (bicyclic) bond motifs is 1. The molecular weight excluding hydrogens is 306 g/mol. The SMILES string of the molecule is COc1ccc2cc(CSc3cnccn3)c(Cl)nc2c1. The van der Waals surface area contributed by atoms with Gasteiger partial charge < -0.3 is 4.74 Å². The van der Waals surface area contributed by atoms with Crippen LogP contribution < -0.4 is 4.74 Å². The predicted octanol–water partition coefficient (Wildman–Crippen LogP) is 3.98. The zero-order valence-electron chi connectivity index (χ0n) is 11.3. The molecule has 2 heterocycles. The van der Waals surface area contributed by atoms with E-state index in [2.05, 4.69) is 15.0 Å². The van der Waals surface area contributed by atoms with Crippen LogP contribution in [0.3, 0.4) is 0 Å². The summed E-state index contributed by atoms with van der Waals surface area (Å²) in [5.74, 6) is 1.47. The monoisotopic (exact) mass is 317 g/mol. The van der Waals surface area contributed by atoms with Gasteiger partial charge in [0.05, 0.1) is 18.8 Å². The van der Waals surface area contributed by atoms with E-state index in [9.17, 15) is 0 Å². The van der Waals surface area contributed by atoms with E-state index in [1.165, 1.54) is 0 Å². The van der Waals surface area contributed by atoms with Crippen molar-refractivity contribution in [3.8, 4) is 5.75 Å². The highest BCUT2D eigenvalue weighted by molar-refractivity contribution is 7.98. The molecule has 3 aromatic rings. The lowest BCUT2D eigenvalue weighted by atomic mass is 10.1. The first kappa shape index (κ1) is 14.1. The van der Waals surface area contributed by atoms with Crippen molar-refractivity contribution in [3.05, 3.63) is 53.6 Å². The molecule has 0 atom stereocenters. The number of hydrogen-bond donors (Lipinski definition) is 0. The van der Waals surface area contributed by atoms with Crippen molar-refractivity contribution in [2.45, 2.75) is 10.8 Å². The maximum absolute atomic E-state index is 6.26. The van der Waals surface area contributed by atoms with Crippen LogP contribution in [0, 0.1) is 0 Å². The Morgan fingerprint density at radius 2 is 2.14 bits per heavy atom. The number of hydrogen-bond acceptors (Lipinski definition) is 5. The smallest absolute Gasteiger partial charge is 0.133 e. The van der Waals surface area contributed by atoms with Crippen molar-refractivity contribution in [1.29, 1.82) is 0 Å². The normalized spacial score (nSPS) is 10.8. The van der Waals surface area contributed by atoms with Gasteiger partial charge in [-0.2, -0.15) is 0 Å². The van der Waals surface area contributed by atoms with Crippen LogP contribution in [0.15, 0.2) is 47.9 Å². The summed E-state index contributed by atoms with van der Waals surface area (Å²) in [5, 5.41) is 2.41. The van der Waals surface area contributed by atoms with Crippen LogP contribution in [-0.2, 0) is 5.75 Å². The second kappa shape index (κ2) is 6.28. The molecule has 4 nitrogen and oxygen atoms in total. The molecular formula is C15H12ClN3OS. The molecule has 106 valence electrons. The first-order valence-corrected chi connectivity index (χ1v) is 7.64. The molecule has 0 N–H and O–H groups in total. The van der Waals surface area contributed by atoms with Crippen molar-refractivity contribution >= 4 is 34.3 Å². The van der Waals surface area contributed by atoms with Crippen LogP contribution in [-0.4, -0.2) is 22.1 Å². The molecule has 0 spiro atoms. The molecule has 6 heteroatoms. The first-order chi connectivity index (χ1) is 10.3. The van der Waals surface area contributed by atoms with E-state index in [0.717, 1.165) is 27.2 Å². The minimum atomic E-state index is 0.507. The van der Waals surface area contributed by atoms with Gasteiger partial charge in [-0.15, -0.1) is 0 Å². The Labute approximate surface area is 131 Å². The first-order valence-electron chi connectivity index (χ1n) is 6.28. The molecule has 1 aromatic carbocycles. The fourth-order valence-electron chi connectivity index (χ4n) is 1.91. The average molecular weight is 318 g/mol. The summed E-state index contributed by atoms with van der Waals surface area (Å²) in [4.78, 5) is 12.7. The van der Waals surface area contributed by atoms with Crippen LogP contribution in [0.25, 0.3) is 10.9 Å². The summed E-state index contributed by atoms with van der Waals surface area (Å²) in [5.41, 5.74) is 1.80. The fourth-order valence-corrected chi connectivity index (χ4v) is 2.99. The molecule has 0 radical (unpaired) electrons. The third-order valence-electron chi connectivity index (χ3n) is 2.97. The molecule has 0 saturated carbocycles. The number of nitrogens with zero attached hydrogens (tertiary/aromatic N) is 3. The van der Waals surface area contributed by atoms with Gasteiger partial charge in [0, 0.05) is 35.2 Å². The second-order valence-electron chi connectivity index (χ2n) is 4.33. The van der Waals surface area contributed by atoms with Crippen molar-refractivity contribution in [2.75, 3.05) is 7.11 Å². The zero-order valence-corrected chi connectivity index (χ0v) is 12.9. The summed E-state index contributed by atoms with van der Waals surface area (Å²) in [6.45, 7) is 0. The maximum atomic E-state index is 6.26. The summed E-state index contributed by atoms with van der Waals surface area (Å²) in [7, 11) is 1.63. The van der Waals surface area contributed by atoms with Gasteiger partial charge in [0.1, 0.15) is 15.9 Å². The molecule has 0 saturated heterocycles. The maximum Gasteiger partial charge on any atom is 0.133 e. The predicted molar refractivity (Wildman–Crippen MR) is 84.9 cm³/mol. The number of benzene rings is 1. The van der Waals surface area contributed by atoms with E-state index in [0.29, 0.717) is 10.9 Å². The number of pyridine rings is 1. The van der Waals surface area contributed by atoms with Gasteiger partial charge in [-0.1, -0.05) is 23.4 Å². The molecule has 0 bridgehead atoms. The summed E-state index contributed by atoms with van der Waals surface area (Å²) in [6.07, 6.45) is 5.06. The lowest BCUT2D eigenvalue weighted by molar-refractivity contribution is 0.415. The number of thioether (sulfide) groups is 1. The Kier molecular flexibility index (Phi) is 4.22. The molecule has 0 unspecified atom stereocenters. The lowest BCUT2D eigenvalue weighted by Gasteiger charge is -2.07. The van der Waals surface area contributed by atoms with Gasteiger partial charge in [0.15, 0.2) is 0 Å². The number of rotatable bonds is 4. The molecule has 0 aliphatic rings. The highest BCUT2D eigenvalue weighted by Gasteiger charge is 2.07. The zero-order chi connectivity index (χ0) is 14.7. The summed E-state index contributed by atoms with van der Waals surface area (Å²) < 4.78 is 5.20. The van der Waals surface area contributed by atoms with Crippen molar-refractivity contribution in [3.63, 3.8) is 0 Å². The van der Waals surface area contributed by atoms with Crippen LogP contribution in [0.2, 0.25) is 5.15 Å². The van der Waals surface area contributed by atoms with Crippen LogP contribution in [0.4, 0.5) is 0 Å². The second-order valence-corrected chi connectivity index (χ2v) is 5.68. The van der Waals surface area contributed by atoms with E-state index in [-0.39, 0.29) is 0 Å². The van der Waals surface area contributed by atoms with Gasteiger partial charge in [0.25, 0.3) is 0 Å². The third kappa shape index (κ3) is 3.25. The molecule has 2 aromatic heterocycles. The molecule has 3 rings (SSSR count). The van der Waals surface area contributed by atoms with Gasteiger partial charge >= 0.3 is 0 Å². The van der Waals surface area contributed by atoms with Crippen molar-refractivity contribution in [2.24, 2.45) is 0 Å². The number of aromatic nitrogens is 3. The number of halogens is 1. The summed E-state index contributed by atoms with van der Waals surface area (Å²) in [6, 6.07) is 7.82. The topological polar surface area (TPSA) is 47.9 Å². The van der Waals surface area contributed by atoms with Gasteiger partial charge in [-0.25, -0.2) is 9.97 Å². The average Bonchev–Trinajstić information content (AvgIpc) is 2.53. The standard InChI is InChI=1S/C15H12ClN3OS/c1-20-12-3-2-10-6-11(15(16)19-13(10)7-12)9-21-14-8-17-4-5-18-14/h2-8H,9H2,1H3. The van der Waals surface area contributed by atoms with E-state index >= 15 is 0 Å². The van der Waals surface area contributed by atoms with Gasteiger partial charge in [-0.3, -0.25) is 4.98 Å². The van der Waals surface area contributed by atoms with E-state index < -0.39 is 0 Å². The fraction of sp³-hybridized carbons (Fsp3) is 0.133. The van der Waals surface area contributed by atoms with Crippen molar-refractivity contribution < 1.29 is 4.74 Å². The Balaban J connectivity index is 1.87. The molecule has 0 aliphatic heterocycles. The molecule has 0 amide bonds. The van der Waals surface area contributed by atoms with E-state index in [4.69, 9.17) is 16.3 Å². The third-order valence-corrected chi connectivity index (χ3v) is 4.26. The van der Waals surface area contributed by atoms with Crippen LogP contribution >= 0.6 is 23.4 Å². The van der Waals surface area contributed by atoms with Crippen molar-refractivity contribution in [1.82, 2.24) is 15.0 Å². The Morgan fingerprint density at radius 1 is 1.24 bits per heavy atom. The van der Waals surface area contributed by atoms with Gasteiger partial charge in [-0.05, 0) is 18.2 Å². The highest BCUT2D eigenvalue weighted by atomic mass is 35.5. The Morgan fingerprint density at radius 3 is 2.90 bits per heavy atom. The number of methoxy groups -OCH3 is 1.